The van der Waals surface area contributed by atoms with E-state index in [4.69, 9.17) is 4.74 Å². The van der Waals surface area contributed by atoms with Crippen molar-refractivity contribution in [1.82, 2.24) is 10.2 Å². The summed E-state index contributed by atoms with van der Waals surface area (Å²) >= 11 is 0. The summed E-state index contributed by atoms with van der Waals surface area (Å²) in [6.45, 7) is 7.19. The van der Waals surface area contributed by atoms with E-state index in [1.807, 2.05) is 13.1 Å². The molecule has 1 aliphatic heterocycles. The molecule has 134 valence electrons. The first-order chi connectivity index (χ1) is 11.1. The van der Waals surface area contributed by atoms with E-state index < -0.39 is 0 Å². The molecule has 4 nitrogen and oxygen atoms in total. The normalized spacial score (nSPS) is 19.2. The minimum absolute atomic E-state index is 0. The molecule has 1 saturated heterocycles. The van der Waals surface area contributed by atoms with Gasteiger partial charge in [0.1, 0.15) is 5.75 Å². The van der Waals surface area contributed by atoms with Crippen LogP contribution in [0, 0.1) is 5.41 Å². The highest BCUT2D eigenvalue weighted by Gasteiger charge is 2.43. The quantitative estimate of drug-likeness (QED) is 0.434. The van der Waals surface area contributed by atoms with Gasteiger partial charge in [-0.15, -0.1) is 24.0 Å². The summed E-state index contributed by atoms with van der Waals surface area (Å²) in [6.07, 6.45) is 5.73. The van der Waals surface area contributed by atoms with Crippen molar-refractivity contribution in [2.24, 2.45) is 10.4 Å². The second kappa shape index (κ2) is 8.41. The lowest BCUT2D eigenvalue weighted by Crippen LogP contribution is -2.42. The van der Waals surface area contributed by atoms with Gasteiger partial charge in [0.15, 0.2) is 5.96 Å². The lowest BCUT2D eigenvalue weighted by Gasteiger charge is -2.38. The highest BCUT2D eigenvalue weighted by Crippen LogP contribution is 2.47. The van der Waals surface area contributed by atoms with Crippen LogP contribution in [0.5, 0.6) is 5.75 Å². The van der Waals surface area contributed by atoms with Gasteiger partial charge in [-0.3, -0.25) is 4.99 Å². The number of nitrogens with zero attached hydrogens (tertiary/aromatic N) is 2. The van der Waals surface area contributed by atoms with E-state index in [-0.39, 0.29) is 30.1 Å². The molecule has 0 radical (unpaired) electrons. The van der Waals surface area contributed by atoms with Gasteiger partial charge in [-0.1, -0.05) is 18.6 Å². The van der Waals surface area contributed by atoms with Crippen LogP contribution in [0.1, 0.15) is 45.1 Å². The number of likely N-dealkylation sites (tertiary alicyclic amines) is 1. The van der Waals surface area contributed by atoms with Gasteiger partial charge in [0.2, 0.25) is 0 Å². The van der Waals surface area contributed by atoms with E-state index in [0.717, 1.165) is 24.8 Å². The van der Waals surface area contributed by atoms with Gasteiger partial charge in [0.25, 0.3) is 0 Å². The van der Waals surface area contributed by atoms with Crippen LogP contribution in [0.2, 0.25) is 0 Å². The van der Waals surface area contributed by atoms with Crippen molar-refractivity contribution < 1.29 is 4.74 Å². The zero-order valence-corrected chi connectivity index (χ0v) is 17.4. The predicted octanol–water partition coefficient (Wildman–Crippen LogP) is 4.04. The Labute approximate surface area is 163 Å². The molecule has 0 amide bonds. The zero-order valence-electron chi connectivity index (χ0n) is 15.0. The third-order valence-corrected chi connectivity index (χ3v) is 5.08. The average Bonchev–Trinajstić information content (AvgIpc) is 2.93. The van der Waals surface area contributed by atoms with Crippen LogP contribution in [-0.4, -0.2) is 37.1 Å². The van der Waals surface area contributed by atoms with E-state index in [1.54, 1.807) is 0 Å². The molecule has 3 rings (SSSR count). The smallest absolute Gasteiger partial charge is 0.193 e. The molecule has 0 atom stereocenters. The van der Waals surface area contributed by atoms with Crippen LogP contribution in [0.3, 0.4) is 0 Å². The van der Waals surface area contributed by atoms with E-state index >= 15 is 0 Å². The number of guanidine groups is 1. The average molecular weight is 443 g/mol. The summed E-state index contributed by atoms with van der Waals surface area (Å²) < 4.78 is 5.77. The first kappa shape index (κ1) is 19.3. The summed E-state index contributed by atoms with van der Waals surface area (Å²) in [7, 11) is 1.88. The number of rotatable bonds is 4. The predicted molar refractivity (Wildman–Crippen MR) is 110 cm³/mol. The lowest BCUT2D eigenvalue weighted by molar-refractivity contribution is 0.151. The maximum atomic E-state index is 5.77. The Bertz CT molecular complexity index is 569. The summed E-state index contributed by atoms with van der Waals surface area (Å²) in [5, 5.41) is 3.51. The third-order valence-electron chi connectivity index (χ3n) is 5.08. The van der Waals surface area contributed by atoms with Crippen molar-refractivity contribution in [3.63, 3.8) is 0 Å². The molecule has 0 bridgehead atoms. The highest BCUT2D eigenvalue weighted by molar-refractivity contribution is 14.0. The summed E-state index contributed by atoms with van der Waals surface area (Å²) in [6, 6.07) is 8.30. The van der Waals surface area contributed by atoms with Crippen molar-refractivity contribution in [2.45, 2.75) is 52.2 Å². The summed E-state index contributed by atoms with van der Waals surface area (Å²) in [4.78, 5) is 6.90. The molecule has 1 N–H and O–H groups in total. The van der Waals surface area contributed by atoms with Crippen LogP contribution in [0.4, 0.5) is 0 Å². The van der Waals surface area contributed by atoms with Crippen LogP contribution >= 0.6 is 24.0 Å². The van der Waals surface area contributed by atoms with E-state index in [2.05, 4.69) is 47.3 Å². The Kier molecular flexibility index (Phi) is 6.78. The molecule has 1 saturated carbocycles. The largest absolute Gasteiger partial charge is 0.491 e. The van der Waals surface area contributed by atoms with Crippen molar-refractivity contribution in [3.8, 4) is 5.75 Å². The maximum absolute atomic E-state index is 5.77. The van der Waals surface area contributed by atoms with Gasteiger partial charge >= 0.3 is 0 Å². The topological polar surface area (TPSA) is 36.9 Å². The SMILES string of the molecule is CN=C(NCc1cccc(OC(C)C)c1)N1CCC2(CCC2)C1.I. The molecule has 2 aliphatic rings. The molecule has 0 unspecified atom stereocenters. The first-order valence-corrected chi connectivity index (χ1v) is 8.81. The lowest BCUT2D eigenvalue weighted by atomic mass is 9.68. The number of halogens is 1. The molecule has 2 fully saturated rings. The second-order valence-electron chi connectivity index (χ2n) is 7.24. The second-order valence-corrected chi connectivity index (χ2v) is 7.24. The van der Waals surface area contributed by atoms with Gasteiger partial charge in [0.05, 0.1) is 6.10 Å². The number of hydrogen-bond acceptors (Lipinski definition) is 2. The molecule has 1 aliphatic carbocycles. The fraction of sp³-hybridized carbons (Fsp3) is 0.632. The maximum Gasteiger partial charge on any atom is 0.193 e. The van der Waals surface area contributed by atoms with Crippen LogP contribution in [-0.2, 0) is 6.54 Å². The van der Waals surface area contributed by atoms with Crippen molar-refractivity contribution in [1.29, 1.82) is 0 Å². The Balaban J connectivity index is 0.00000208. The molecule has 1 aromatic rings. The van der Waals surface area contributed by atoms with Crippen molar-refractivity contribution in [2.75, 3.05) is 20.1 Å². The number of nitrogens with one attached hydrogen (secondary N) is 1. The standard InChI is InChI=1S/C19H29N3O.HI/c1-15(2)23-17-7-4-6-16(12-17)13-21-18(20-3)22-11-10-19(14-22)8-5-9-19;/h4,6-7,12,15H,5,8-11,13-14H2,1-3H3,(H,20,21);1H. The van der Waals surface area contributed by atoms with Crippen molar-refractivity contribution >= 4 is 29.9 Å². The Morgan fingerprint density at radius 3 is 2.71 bits per heavy atom. The molecule has 24 heavy (non-hydrogen) atoms. The summed E-state index contributed by atoms with van der Waals surface area (Å²) in [5.41, 5.74) is 1.82. The number of hydrogen-bond donors (Lipinski definition) is 1. The monoisotopic (exact) mass is 443 g/mol. The molecule has 5 heteroatoms. The molecule has 1 spiro atoms. The first-order valence-electron chi connectivity index (χ1n) is 8.81. The number of benzene rings is 1. The Morgan fingerprint density at radius 1 is 1.33 bits per heavy atom. The third kappa shape index (κ3) is 4.55. The molecular formula is C19H30IN3O. The Hall–Kier alpha value is -0.980. The molecular weight excluding hydrogens is 413 g/mol. The van der Waals surface area contributed by atoms with Crippen LogP contribution in [0.15, 0.2) is 29.3 Å². The summed E-state index contributed by atoms with van der Waals surface area (Å²) in [5.74, 6) is 1.97. The van der Waals surface area contributed by atoms with Gasteiger partial charge in [-0.25, -0.2) is 0 Å². The van der Waals surface area contributed by atoms with Crippen LogP contribution < -0.4 is 10.1 Å². The van der Waals surface area contributed by atoms with Crippen molar-refractivity contribution in [3.05, 3.63) is 29.8 Å². The molecule has 1 aromatic carbocycles. The van der Waals surface area contributed by atoms with Crippen LogP contribution in [0.25, 0.3) is 0 Å². The Morgan fingerprint density at radius 2 is 2.12 bits per heavy atom. The van der Waals surface area contributed by atoms with Gasteiger partial charge in [0, 0.05) is 26.7 Å². The minimum Gasteiger partial charge on any atom is -0.491 e. The highest BCUT2D eigenvalue weighted by atomic mass is 127. The van der Waals surface area contributed by atoms with Gasteiger partial charge < -0.3 is 15.0 Å². The zero-order chi connectivity index (χ0) is 16.3. The fourth-order valence-corrected chi connectivity index (χ4v) is 3.72. The number of aliphatic imine (C=N–C) groups is 1. The van der Waals surface area contributed by atoms with E-state index in [9.17, 15) is 0 Å². The van der Waals surface area contributed by atoms with Gasteiger partial charge in [-0.2, -0.15) is 0 Å². The van der Waals surface area contributed by atoms with Gasteiger partial charge in [-0.05, 0) is 56.2 Å². The number of ether oxygens (including phenoxy) is 1. The van der Waals surface area contributed by atoms with E-state index in [0.29, 0.717) is 5.41 Å². The fourth-order valence-electron chi connectivity index (χ4n) is 3.72. The minimum atomic E-state index is 0. The van der Waals surface area contributed by atoms with E-state index in [1.165, 1.54) is 37.8 Å². The molecule has 1 heterocycles. The molecule has 0 aromatic heterocycles.